The SMILES string of the molecule is O=C(OCCS(=O)(=O)O)c1ccc(F)cc1Br. The van der Waals surface area contributed by atoms with Crippen molar-refractivity contribution in [2.75, 3.05) is 12.4 Å². The maximum absolute atomic E-state index is 12.7. The molecule has 1 N–H and O–H groups in total. The Bertz CT molecular complexity index is 528. The number of benzene rings is 1. The van der Waals surface area contributed by atoms with Gasteiger partial charge in [0.05, 0.1) is 5.56 Å². The molecule has 0 amide bonds. The van der Waals surface area contributed by atoms with Crippen LogP contribution in [0.2, 0.25) is 0 Å². The van der Waals surface area contributed by atoms with Gasteiger partial charge in [0.2, 0.25) is 0 Å². The van der Waals surface area contributed by atoms with E-state index in [9.17, 15) is 17.6 Å². The van der Waals surface area contributed by atoms with Crippen molar-refractivity contribution in [2.45, 2.75) is 0 Å². The van der Waals surface area contributed by atoms with Gasteiger partial charge < -0.3 is 4.74 Å². The highest BCUT2D eigenvalue weighted by atomic mass is 79.9. The van der Waals surface area contributed by atoms with Crippen LogP contribution >= 0.6 is 15.9 Å². The van der Waals surface area contributed by atoms with E-state index in [0.717, 1.165) is 12.1 Å². The lowest BCUT2D eigenvalue weighted by atomic mass is 10.2. The molecule has 0 radical (unpaired) electrons. The van der Waals surface area contributed by atoms with E-state index in [2.05, 4.69) is 20.7 Å². The maximum atomic E-state index is 12.7. The highest BCUT2D eigenvalue weighted by Gasteiger charge is 2.13. The molecule has 1 aromatic carbocycles. The fourth-order valence-electron chi connectivity index (χ4n) is 0.972. The summed E-state index contributed by atoms with van der Waals surface area (Å²) in [4.78, 5) is 11.4. The molecule has 0 aromatic heterocycles. The lowest BCUT2D eigenvalue weighted by Gasteiger charge is -2.05. The molecular formula is C9H8BrFO5S. The summed E-state index contributed by atoms with van der Waals surface area (Å²) in [6.07, 6.45) is 0. The third-order valence-electron chi connectivity index (χ3n) is 1.73. The molecule has 0 aliphatic heterocycles. The van der Waals surface area contributed by atoms with Gasteiger partial charge in [-0.3, -0.25) is 4.55 Å². The maximum Gasteiger partial charge on any atom is 0.339 e. The van der Waals surface area contributed by atoms with Gasteiger partial charge in [0.1, 0.15) is 18.2 Å². The molecule has 1 rings (SSSR count). The van der Waals surface area contributed by atoms with Crippen molar-refractivity contribution in [3.63, 3.8) is 0 Å². The van der Waals surface area contributed by atoms with E-state index in [1.165, 1.54) is 6.07 Å². The zero-order valence-corrected chi connectivity index (χ0v) is 10.8. The largest absolute Gasteiger partial charge is 0.461 e. The molecule has 0 atom stereocenters. The number of ether oxygens (including phenoxy) is 1. The Balaban J connectivity index is 2.65. The number of halogens is 2. The lowest BCUT2D eigenvalue weighted by molar-refractivity contribution is 0.0527. The van der Waals surface area contributed by atoms with Gasteiger partial charge in [-0.15, -0.1) is 0 Å². The zero-order chi connectivity index (χ0) is 13.1. The molecule has 0 saturated carbocycles. The monoisotopic (exact) mass is 326 g/mol. The molecule has 8 heteroatoms. The van der Waals surface area contributed by atoms with Crippen LogP contribution in [0.5, 0.6) is 0 Å². The second-order valence-corrected chi connectivity index (χ2v) is 5.47. The number of hydrogen-bond acceptors (Lipinski definition) is 4. The van der Waals surface area contributed by atoms with Crippen molar-refractivity contribution in [3.05, 3.63) is 34.1 Å². The zero-order valence-electron chi connectivity index (χ0n) is 8.39. The molecule has 94 valence electrons. The predicted octanol–water partition coefficient (Wildman–Crippen LogP) is 1.63. The molecule has 0 heterocycles. The fourth-order valence-corrected chi connectivity index (χ4v) is 1.78. The summed E-state index contributed by atoms with van der Waals surface area (Å²) < 4.78 is 46.7. The van der Waals surface area contributed by atoms with Gasteiger partial charge in [-0.25, -0.2) is 9.18 Å². The number of rotatable bonds is 4. The Kier molecular flexibility index (Phi) is 4.61. The topological polar surface area (TPSA) is 80.7 Å². The second-order valence-electron chi connectivity index (χ2n) is 3.05. The fraction of sp³-hybridized carbons (Fsp3) is 0.222. The summed E-state index contributed by atoms with van der Waals surface area (Å²) in [5.74, 6) is -2.01. The number of carbonyl (C=O) groups is 1. The highest BCUT2D eigenvalue weighted by molar-refractivity contribution is 9.10. The first-order valence-corrected chi connectivity index (χ1v) is 6.77. The average Bonchev–Trinajstić information content (AvgIpc) is 2.15. The third-order valence-corrected chi connectivity index (χ3v) is 3.06. The molecule has 0 fully saturated rings. The van der Waals surface area contributed by atoms with Gasteiger partial charge in [0.15, 0.2) is 0 Å². The molecule has 1 aromatic rings. The Labute approximate surface area is 105 Å². The molecular weight excluding hydrogens is 319 g/mol. The van der Waals surface area contributed by atoms with Crippen molar-refractivity contribution >= 4 is 32.0 Å². The van der Waals surface area contributed by atoms with E-state index in [0.29, 0.717) is 0 Å². The molecule has 0 saturated heterocycles. The quantitative estimate of drug-likeness (QED) is 0.672. The van der Waals surface area contributed by atoms with Crippen LogP contribution in [0, 0.1) is 5.82 Å². The summed E-state index contributed by atoms with van der Waals surface area (Å²) in [6.45, 7) is -0.471. The minimum Gasteiger partial charge on any atom is -0.461 e. The normalized spacial score (nSPS) is 11.2. The summed E-state index contributed by atoms with van der Waals surface area (Å²) >= 11 is 2.97. The van der Waals surface area contributed by atoms with Crippen molar-refractivity contribution in [1.82, 2.24) is 0 Å². The number of esters is 1. The highest BCUT2D eigenvalue weighted by Crippen LogP contribution is 2.18. The Morgan fingerprint density at radius 3 is 2.65 bits per heavy atom. The van der Waals surface area contributed by atoms with E-state index in [-0.39, 0.29) is 10.0 Å². The van der Waals surface area contributed by atoms with Crippen LogP contribution in [0.15, 0.2) is 22.7 Å². The summed E-state index contributed by atoms with van der Waals surface area (Å²) in [5, 5.41) is 0. The van der Waals surface area contributed by atoms with Crippen LogP contribution in [0.4, 0.5) is 4.39 Å². The van der Waals surface area contributed by atoms with E-state index >= 15 is 0 Å². The van der Waals surface area contributed by atoms with E-state index in [1.54, 1.807) is 0 Å². The molecule has 17 heavy (non-hydrogen) atoms. The van der Waals surface area contributed by atoms with Crippen LogP contribution in [0.3, 0.4) is 0 Å². The summed E-state index contributed by atoms with van der Waals surface area (Å²) in [7, 11) is -4.17. The van der Waals surface area contributed by atoms with E-state index < -0.39 is 34.3 Å². The number of carbonyl (C=O) groups excluding carboxylic acids is 1. The summed E-state index contributed by atoms with van der Waals surface area (Å²) in [5.41, 5.74) is 0.0711. The third kappa shape index (κ3) is 4.80. The van der Waals surface area contributed by atoms with E-state index in [1.807, 2.05) is 0 Å². The standard InChI is InChI=1S/C9H8BrFO5S/c10-8-5-6(11)1-2-7(8)9(12)16-3-4-17(13,14)15/h1-2,5H,3-4H2,(H,13,14,15). The molecule has 5 nitrogen and oxygen atoms in total. The average molecular weight is 327 g/mol. The van der Waals surface area contributed by atoms with Gasteiger partial charge in [-0.1, -0.05) is 0 Å². The number of hydrogen-bond donors (Lipinski definition) is 1. The minimum absolute atomic E-state index is 0.0711. The van der Waals surface area contributed by atoms with Gasteiger partial charge >= 0.3 is 5.97 Å². The summed E-state index contributed by atoms with van der Waals surface area (Å²) in [6, 6.07) is 3.36. The van der Waals surface area contributed by atoms with Crippen LogP contribution < -0.4 is 0 Å². The first kappa shape index (κ1) is 14.1. The van der Waals surface area contributed by atoms with Gasteiger partial charge in [-0.2, -0.15) is 8.42 Å². The molecule has 0 aliphatic carbocycles. The van der Waals surface area contributed by atoms with Crippen LogP contribution in [-0.4, -0.2) is 31.3 Å². The molecule has 0 spiro atoms. The van der Waals surface area contributed by atoms with Crippen molar-refractivity contribution < 1.29 is 26.9 Å². The van der Waals surface area contributed by atoms with Crippen LogP contribution in [-0.2, 0) is 14.9 Å². The van der Waals surface area contributed by atoms with Crippen molar-refractivity contribution in [3.8, 4) is 0 Å². The molecule has 0 aliphatic rings. The Morgan fingerprint density at radius 1 is 1.47 bits per heavy atom. The smallest absolute Gasteiger partial charge is 0.339 e. The lowest BCUT2D eigenvalue weighted by Crippen LogP contribution is -2.15. The van der Waals surface area contributed by atoms with Gasteiger partial charge in [0.25, 0.3) is 10.1 Å². The van der Waals surface area contributed by atoms with Crippen molar-refractivity contribution in [1.29, 1.82) is 0 Å². The second kappa shape index (κ2) is 5.56. The first-order chi connectivity index (χ1) is 7.79. The van der Waals surface area contributed by atoms with Crippen molar-refractivity contribution in [2.24, 2.45) is 0 Å². The van der Waals surface area contributed by atoms with Crippen LogP contribution in [0.25, 0.3) is 0 Å². The Morgan fingerprint density at radius 2 is 2.12 bits per heavy atom. The Hall–Kier alpha value is -0.990. The predicted molar refractivity (Wildman–Crippen MR) is 60.8 cm³/mol. The molecule has 0 bridgehead atoms. The first-order valence-electron chi connectivity index (χ1n) is 4.37. The van der Waals surface area contributed by atoms with Gasteiger partial charge in [-0.05, 0) is 34.1 Å². The molecule has 0 unspecified atom stereocenters. The van der Waals surface area contributed by atoms with Gasteiger partial charge in [0, 0.05) is 4.47 Å². The van der Waals surface area contributed by atoms with Crippen LogP contribution in [0.1, 0.15) is 10.4 Å². The minimum atomic E-state index is -4.17. The van der Waals surface area contributed by atoms with E-state index in [4.69, 9.17) is 4.55 Å².